The molecule has 8 nitrogen and oxygen atoms in total. The molecule has 0 saturated carbocycles. The van der Waals surface area contributed by atoms with Crippen LogP contribution in [0, 0.1) is 0 Å². The first kappa shape index (κ1) is 15.7. The van der Waals surface area contributed by atoms with E-state index in [0.717, 1.165) is 12.8 Å². The number of hydrogen-bond acceptors (Lipinski definition) is 7. The molecule has 20 heavy (non-hydrogen) atoms. The number of rotatable bonds is 6. The third-order valence-electron chi connectivity index (χ3n) is 2.23. The number of nitrogens with one attached hydrogen (secondary N) is 1. The highest BCUT2D eigenvalue weighted by Gasteiger charge is 2.16. The Labute approximate surface area is 115 Å². The number of amides is 2. The van der Waals surface area contributed by atoms with Crippen LogP contribution in [0.25, 0.3) is 0 Å². The monoisotopic (exact) mass is 283 g/mol. The third kappa shape index (κ3) is 4.73. The molecule has 4 N–H and O–H groups in total. The second-order valence-corrected chi connectivity index (χ2v) is 3.81. The number of carbonyl (C=O) groups is 2. The summed E-state index contributed by atoms with van der Waals surface area (Å²) in [6.45, 7) is 2.07. The molecule has 110 valence electrons. The number of aromatic hydroxyl groups is 1. The van der Waals surface area contributed by atoms with E-state index in [2.05, 4.69) is 4.98 Å². The van der Waals surface area contributed by atoms with Crippen molar-refractivity contribution < 1.29 is 24.2 Å². The fraction of sp³-hybridized carbons (Fsp3) is 0.417. The van der Waals surface area contributed by atoms with Crippen molar-refractivity contribution in [3.05, 3.63) is 12.3 Å². The fourth-order valence-corrected chi connectivity index (χ4v) is 1.21. The molecule has 0 fully saturated rings. The number of nitrogens with two attached hydrogens (primary N) is 1. The highest BCUT2D eigenvalue weighted by atomic mass is 16.6. The summed E-state index contributed by atoms with van der Waals surface area (Å²) in [7, 11) is 0. The minimum absolute atomic E-state index is 0.154. The second-order valence-electron chi connectivity index (χ2n) is 3.81. The molecule has 1 aromatic rings. The maximum absolute atomic E-state index is 11.3. The molecule has 0 aliphatic heterocycles. The van der Waals surface area contributed by atoms with Gasteiger partial charge in [-0.1, -0.05) is 13.3 Å². The fourth-order valence-electron chi connectivity index (χ4n) is 1.21. The smallest absolute Gasteiger partial charge is 0.420 e. The van der Waals surface area contributed by atoms with Crippen LogP contribution >= 0.6 is 0 Å². The summed E-state index contributed by atoms with van der Waals surface area (Å²) in [5, 5.41) is 11.7. The van der Waals surface area contributed by atoms with Crippen molar-refractivity contribution in [2.75, 3.05) is 13.2 Å². The van der Waals surface area contributed by atoms with Gasteiger partial charge in [-0.25, -0.2) is 9.78 Å². The predicted molar refractivity (Wildman–Crippen MR) is 69.5 cm³/mol. The van der Waals surface area contributed by atoms with Crippen molar-refractivity contribution in [3.63, 3.8) is 0 Å². The van der Waals surface area contributed by atoms with E-state index in [0.29, 0.717) is 6.61 Å². The third-order valence-corrected chi connectivity index (χ3v) is 2.23. The van der Waals surface area contributed by atoms with Crippen molar-refractivity contribution in [1.29, 1.82) is 0 Å². The van der Waals surface area contributed by atoms with Crippen molar-refractivity contribution in [2.24, 2.45) is 5.73 Å². The van der Waals surface area contributed by atoms with Crippen LogP contribution in [-0.4, -0.2) is 35.2 Å². The van der Waals surface area contributed by atoms with Crippen LogP contribution in [-0.2, 0) is 4.79 Å². The van der Waals surface area contributed by atoms with Crippen LogP contribution < -0.4 is 20.5 Å². The Bertz CT molecular complexity index is 478. The van der Waals surface area contributed by atoms with E-state index in [1.807, 2.05) is 12.2 Å². The lowest BCUT2D eigenvalue weighted by molar-refractivity contribution is -0.118. The summed E-state index contributed by atoms with van der Waals surface area (Å²) in [5.74, 6) is -1.30. The molecule has 0 atom stereocenters. The van der Waals surface area contributed by atoms with Crippen LogP contribution in [0.2, 0.25) is 0 Å². The van der Waals surface area contributed by atoms with Gasteiger partial charge in [0.05, 0.1) is 13.2 Å². The van der Waals surface area contributed by atoms with Crippen LogP contribution in [0.3, 0.4) is 0 Å². The quantitative estimate of drug-likeness (QED) is 0.651. The summed E-state index contributed by atoms with van der Waals surface area (Å²) in [4.78, 5) is 25.9. The van der Waals surface area contributed by atoms with Gasteiger partial charge in [-0.15, -0.1) is 0 Å². The zero-order valence-corrected chi connectivity index (χ0v) is 11.1. The normalized spacial score (nSPS) is 9.90. The van der Waals surface area contributed by atoms with Crippen LogP contribution in [0.4, 0.5) is 4.79 Å². The number of carbonyl (C=O) groups excluding carboxylic acids is 2. The maximum atomic E-state index is 11.3. The Kier molecular flexibility index (Phi) is 6.24. The van der Waals surface area contributed by atoms with Gasteiger partial charge in [0.15, 0.2) is 5.75 Å². The molecule has 8 heteroatoms. The highest BCUT2D eigenvalue weighted by Crippen LogP contribution is 2.33. The number of hydrogen-bond donors (Lipinski definition) is 3. The van der Waals surface area contributed by atoms with Gasteiger partial charge in [0.1, 0.15) is 0 Å². The van der Waals surface area contributed by atoms with E-state index in [1.165, 1.54) is 12.3 Å². The lowest BCUT2D eigenvalue weighted by atomic mass is 10.3. The first-order valence-corrected chi connectivity index (χ1v) is 6.11. The van der Waals surface area contributed by atoms with Crippen molar-refractivity contribution in [2.45, 2.75) is 19.8 Å². The van der Waals surface area contributed by atoms with Crippen LogP contribution in [0.5, 0.6) is 17.4 Å². The molecule has 1 heterocycles. The van der Waals surface area contributed by atoms with E-state index in [-0.39, 0.29) is 18.2 Å². The van der Waals surface area contributed by atoms with Gasteiger partial charge in [-0.05, 0) is 6.42 Å². The SMILES string of the molecule is CCCCOc1ccnc(OC(=O)NC(=O)CN)c1O. The molecule has 0 spiro atoms. The van der Waals surface area contributed by atoms with E-state index < -0.39 is 17.7 Å². The molecule has 0 aromatic carbocycles. The van der Waals surface area contributed by atoms with Gasteiger partial charge >= 0.3 is 6.09 Å². The molecule has 0 unspecified atom stereocenters. The minimum Gasteiger partial charge on any atom is -0.501 e. The number of unbranched alkanes of at least 4 members (excludes halogenated alkanes) is 1. The molecule has 0 saturated heterocycles. The Hall–Kier alpha value is -2.35. The predicted octanol–water partition coefficient (Wildman–Crippen LogP) is 0.540. The van der Waals surface area contributed by atoms with Crippen LogP contribution in [0.15, 0.2) is 12.3 Å². The Morgan fingerprint density at radius 2 is 2.25 bits per heavy atom. The molecule has 0 radical (unpaired) electrons. The first-order chi connectivity index (χ1) is 9.58. The summed E-state index contributed by atoms with van der Waals surface area (Å²) in [6.07, 6.45) is 2.00. The molecule has 0 bridgehead atoms. The molecule has 1 aromatic heterocycles. The largest absolute Gasteiger partial charge is 0.501 e. The summed E-state index contributed by atoms with van der Waals surface area (Å²) in [5.41, 5.74) is 5.03. The molecular formula is C12H17N3O5. The Morgan fingerprint density at radius 3 is 2.90 bits per heavy atom. The highest BCUT2D eigenvalue weighted by molar-refractivity contribution is 5.93. The molecule has 0 aliphatic carbocycles. The zero-order valence-electron chi connectivity index (χ0n) is 11.1. The van der Waals surface area contributed by atoms with Crippen LogP contribution in [0.1, 0.15) is 19.8 Å². The lowest BCUT2D eigenvalue weighted by Crippen LogP contribution is -2.37. The van der Waals surface area contributed by atoms with Gasteiger partial charge in [-0.3, -0.25) is 10.1 Å². The second kappa shape index (κ2) is 7.95. The number of pyridine rings is 1. The number of imide groups is 1. The van der Waals surface area contributed by atoms with E-state index in [4.69, 9.17) is 15.2 Å². The van der Waals surface area contributed by atoms with Gasteiger partial charge in [0, 0.05) is 12.3 Å². The molecule has 2 amide bonds. The van der Waals surface area contributed by atoms with Gasteiger partial charge in [0.25, 0.3) is 5.88 Å². The summed E-state index contributed by atoms with van der Waals surface area (Å²) in [6, 6.07) is 1.45. The molecular weight excluding hydrogens is 266 g/mol. The van der Waals surface area contributed by atoms with E-state index in [9.17, 15) is 14.7 Å². The van der Waals surface area contributed by atoms with Gasteiger partial charge in [0.2, 0.25) is 11.7 Å². The summed E-state index contributed by atoms with van der Waals surface area (Å²) < 4.78 is 10.0. The summed E-state index contributed by atoms with van der Waals surface area (Å²) >= 11 is 0. The molecule has 0 aliphatic rings. The average molecular weight is 283 g/mol. The van der Waals surface area contributed by atoms with Crippen molar-refractivity contribution in [3.8, 4) is 17.4 Å². The number of aromatic nitrogens is 1. The zero-order chi connectivity index (χ0) is 15.0. The van der Waals surface area contributed by atoms with Crippen molar-refractivity contribution >= 4 is 12.0 Å². The van der Waals surface area contributed by atoms with Gasteiger partial charge in [-0.2, -0.15) is 0 Å². The molecule has 1 rings (SSSR count). The lowest BCUT2D eigenvalue weighted by Gasteiger charge is -2.10. The average Bonchev–Trinajstić information content (AvgIpc) is 2.42. The van der Waals surface area contributed by atoms with E-state index >= 15 is 0 Å². The van der Waals surface area contributed by atoms with Gasteiger partial charge < -0.3 is 20.3 Å². The topological polar surface area (TPSA) is 124 Å². The number of nitrogens with zero attached hydrogens (tertiary/aromatic N) is 1. The van der Waals surface area contributed by atoms with E-state index in [1.54, 1.807) is 0 Å². The number of ether oxygens (including phenoxy) is 2. The standard InChI is InChI=1S/C12H17N3O5/c1-2-3-6-19-8-4-5-14-11(10(8)17)20-12(18)15-9(16)7-13/h4-5,17H,2-3,6-7,13H2,1H3,(H,15,16,18). The maximum Gasteiger partial charge on any atom is 0.420 e. The first-order valence-electron chi connectivity index (χ1n) is 6.11. The minimum atomic E-state index is -1.08. The Morgan fingerprint density at radius 1 is 1.50 bits per heavy atom. The Balaban J connectivity index is 2.68. The van der Waals surface area contributed by atoms with Crippen molar-refractivity contribution in [1.82, 2.24) is 10.3 Å².